The van der Waals surface area contributed by atoms with Gasteiger partial charge in [0.2, 0.25) is 5.91 Å². The van der Waals surface area contributed by atoms with Crippen molar-refractivity contribution in [3.05, 3.63) is 88.2 Å². The number of hydrogen-bond donors (Lipinski definition) is 0. The van der Waals surface area contributed by atoms with Gasteiger partial charge in [0.1, 0.15) is 5.82 Å². The summed E-state index contributed by atoms with van der Waals surface area (Å²) in [6, 6.07) is 14.6. The Morgan fingerprint density at radius 2 is 1.76 bits per heavy atom. The number of carbonyl (C=O) groups is 2. The maximum atomic E-state index is 13.6. The number of likely N-dealkylation sites (tertiary alicyclic amines) is 1. The van der Waals surface area contributed by atoms with Crippen LogP contribution in [0.2, 0.25) is 5.02 Å². The van der Waals surface area contributed by atoms with Gasteiger partial charge < -0.3 is 14.8 Å². The number of aryl methyl sites for hydroxylation is 2. The Balaban J connectivity index is 1.41. The topological polar surface area (TPSA) is 116 Å². The lowest BCUT2D eigenvalue weighted by Crippen LogP contribution is -2.45. The molecule has 2 amide bonds. The largest absolute Gasteiger partial charge is 0.529 e. The Morgan fingerprint density at radius 1 is 1.07 bits per heavy atom. The van der Waals surface area contributed by atoms with Crippen LogP contribution in [-0.4, -0.2) is 58.8 Å². The molecule has 1 aromatic heterocycles. The van der Waals surface area contributed by atoms with E-state index in [0.29, 0.717) is 59.2 Å². The molecule has 1 aliphatic rings. The van der Waals surface area contributed by atoms with Crippen molar-refractivity contribution in [1.29, 1.82) is 0 Å². The summed E-state index contributed by atoms with van der Waals surface area (Å²) in [4.78, 5) is 29.9. The predicted molar refractivity (Wildman–Crippen MR) is 159 cm³/mol. The van der Waals surface area contributed by atoms with Gasteiger partial charge in [-0.25, -0.2) is 13.4 Å². The summed E-state index contributed by atoms with van der Waals surface area (Å²) in [5, 5.41) is 11.3. The monoisotopic (exact) mass is 661 g/mol. The molecule has 238 valence electrons. The predicted octanol–water partition coefficient (Wildman–Crippen LogP) is 5.14. The van der Waals surface area contributed by atoms with Crippen LogP contribution in [0.1, 0.15) is 41.8 Å². The molecule has 0 saturated carbocycles. The first-order valence-corrected chi connectivity index (χ1v) is 16.0. The minimum atomic E-state index is -4.67. The molecule has 3 aromatic carbocycles. The van der Waals surface area contributed by atoms with Crippen molar-refractivity contribution in [2.45, 2.75) is 50.1 Å². The quantitative estimate of drug-likeness (QED) is 0.233. The van der Waals surface area contributed by atoms with Crippen LogP contribution in [0, 0.1) is 6.92 Å². The Bertz CT molecular complexity index is 1840. The van der Waals surface area contributed by atoms with Gasteiger partial charge in [-0.15, -0.1) is 0 Å². The number of imidazole rings is 1. The third-order valence-electron chi connectivity index (χ3n) is 7.73. The molecular formula is C31H29ClF3N4O5S-. The van der Waals surface area contributed by atoms with E-state index >= 15 is 0 Å². The molecule has 0 bridgehead atoms. The number of fused-ring (bicyclic) bond motifs is 1. The summed E-state index contributed by atoms with van der Waals surface area (Å²) in [5.74, 6) is 0.553. The summed E-state index contributed by atoms with van der Waals surface area (Å²) < 4.78 is 68.7. The number of alkyl halides is 3. The number of carbonyl (C=O) groups excluding carboxylic acids is 2. The Hall–Kier alpha value is -4.10. The number of amides is 2. The van der Waals surface area contributed by atoms with Gasteiger partial charge in [-0.3, -0.25) is 13.7 Å². The number of carboxylic acid groups (broad SMARTS) is 1. The summed E-state index contributed by atoms with van der Waals surface area (Å²) in [5.41, 5.74) is 1.46. The average molecular weight is 662 g/mol. The lowest BCUT2D eigenvalue weighted by atomic mass is 10.1. The first kappa shape index (κ1) is 32.3. The van der Waals surface area contributed by atoms with E-state index in [-0.39, 0.29) is 29.3 Å². The lowest BCUT2D eigenvalue weighted by Gasteiger charge is -2.24. The smallest absolute Gasteiger partial charge is 0.417 e. The molecule has 0 unspecified atom stereocenters. The zero-order chi connectivity index (χ0) is 32.5. The van der Waals surface area contributed by atoms with Gasteiger partial charge in [0.25, 0.3) is 10.0 Å². The average Bonchev–Trinajstić information content (AvgIpc) is 3.54. The number of halogens is 4. The zero-order valence-electron chi connectivity index (χ0n) is 24.2. The highest BCUT2D eigenvalue weighted by Gasteiger charge is 2.34. The van der Waals surface area contributed by atoms with Crippen molar-refractivity contribution in [3.8, 4) is 5.69 Å². The molecule has 1 fully saturated rings. The minimum absolute atomic E-state index is 0.0432. The van der Waals surface area contributed by atoms with Crippen molar-refractivity contribution < 1.29 is 36.3 Å². The van der Waals surface area contributed by atoms with Crippen molar-refractivity contribution in [2.24, 2.45) is 0 Å². The van der Waals surface area contributed by atoms with Crippen LogP contribution in [0.5, 0.6) is 0 Å². The van der Waals surface area contributed by atoms with E-state index in [4.69, 9.17) is 11.6 Å². The highest BCUT2D eigenvalue weighted by molar-refractivity contribution is 7.89. The molecule has 4 aromatic rings. The van der Waals surface area contributed by atoms with E-state index in [1.54, 1.807) is 52.8 Å². The Morgan fingerprint density at radius 3 is 2.36 bits per heavy atom. The molecule has 2 heterocycles. The third kappa shape index (κ3) is 6.94. The Labute approximate surface area is 262 Å². The van der Waals surface area contributed by atoms with E-state index in [1.807, 2.05) is 0 Å². The number of hydrogen-bond acceptors (Lipinski definition) is 6. The lowest BCUT2D eigenvalue weighted by molar-refractivity contribution is -0.259. The highest BCUT2D eigenvalue weighted by atomic mass is 35.5. The van der Waals surface area contributed by atoms with Crippen LogP contribution in [0.15, 0.2) is 65.6 Å². The van der Waals surface area contributed by atoms with Crippen LogP contribution in [0.25, 0.3) is 16.7 Å². The molecule has 0 spiro atoms. The molecular weight excluding hydrogens is 633 g/mol. The second-order valence-corrected chi connectivity index (χ2v) is 13.1. The van der Waals surface area contributed by atoms with Gasteiger partial charge in [0.15, 0.2) is 6.09 Å². The normalized spacial score (nSPS) is 14.0. The van der Waals surface area contributed by atoms with Crippen molar-refractivity contribution >= 4 is 44.7 Å². The first-order chi connectivity index (χ1) is 21.3. The SMILES string of the molecule is Cc1ccc(S(=O)(=O)N(CCc2ccc(-n3c(CCCN4CCCC4=O)nc4cc(C(F)(F)F)c(Cl)cc43)cc2)C(=O)[O-])cc1. The van der Waals surface area contributed by atoms with Crippen LogP contribution in [-0.2, 0) is 33.8 Å². The van der Waals surface area contributed by atoms with Gasteiger partial charge >= 0.3 is 6.18 Å². The number of nitrogens with zero attached hydrogens (tertiary/aromatic N) is 4. The summed E-state index contributed by atoms with van der Waals surface area (Å²) >= 11 is 6.06. The Kier molecular flexibility index (Phi) is 9.13. The van der Waals surface area contributed by atoms with Gasteiger partial charge in [-0.05, 0) is 68.1 Å². The molecule has 45 heavy (non-hydrogen) atoms. The third-order valence-corrected chi connectivity index (χ3v) is 9.82. The van der Waals surface area contributed by atoms with Crippen molar-refractivity contribution in [2.75, 3.05) is 19.6 Å². The summed E-state index contributed by atoms with van der Waals surface area (Å²) in [7, 11) is -4.36. The van der Waals surface area contributed by atoms with Crippen LogP contribution < -0.4 is 5.11 Å². The van der Waals surface area contributed by atoms with E-state index < -0.39 is 32.9 Å². The molecule has 0 N–H and O–H groups in total. The summed E-state index contributed by atoms with van der Waals surface area (Å²) in [6.45, 7) is 2.55. The second-order valence-electron chi connectivity index (χ2n) is 10.8. The fourth-order valence-electron chi connectivity index (χ4n) is 5.38. The molecule has 1 saturated heterocycles. The zero-order valence-corrected chi connectivity index (χ0v) is 25.8. The second kappa shape index (κ2) is 12.7. The van der Waals surface area contributed by atoms with Gasteiger partial charge in [0.05, 0.1) is 26.5 Å². The van der Waals surface area contributed by atoms with Crippen LogP contribution in [0.4, 0.5) is 18.0 Å². The fourth-order valence-corrected chi connectivity index (χ4v) is 6.91. The van der Waals surface area contributed by atoms with E-state index in [1.165, 1.54) is 18.2 Å². The van der Waals surface area contributed by atoms with E-state index in [9.17, 15) is 36.3 Å². The van der Waals surface area contributed by atoms with E-state index in [0.717, 1.165) is 18.1 Å². The maximum absolute atomic E-state index is 13.6. The minimum Gasteiger partial charge on any atom is -0.529 e. The van der Waals surface area contributed by atoms with Crippen LogP contribution >= 0.6 is 11.6 Å². The number of aromatic nitrogens is 2. The van der Waals surface area contributed by atoms with Gasteiger partial charge in [-0.2, -0.15) is 13.2 Å². The molecule has 9 nitrogen and oxygen atoms in total. The van der Waals surface area contributed by atoms with Crippen molar-refractivity contribution in [3.63, 3.8) is 0 Å². The molecule has 5 rings (SSSR count). The van der Waals surface area contributed by atoms with Crippen molar-refractivity contribution in [1.82, 2.24) is 18.8 Å². The molecule has 14 heteroatoms. The molecule has 0 radical (unpaired) electrons. The molecule has 0 aliphatic carbocycles. The fraction of sp³-hybridized carbons (Fsp3) is 0.323. The van der Waals surface area contributed by atoms with Gasteiger partial charge in [0, 0.05) is 38.2 Å². The number of rotatable bonds is 10. The number of benzene rings is 3. The maximum Gasteiger partial charge on any atom is 0.417 e. The number of sulfonamides is 1. The first-order valence-electron chi connectivity index (χ1n) is 14.2. The van der Waals surface area contributed by atoms with Gasteiger partial charge in [-0.1, -0.05) is 41.4 Å². The summed E-state index contributed by atoms with van der Waals surface area (Å²) in [6.07, 6.45) is -4.27. The van der Waals surface area contributed by atoms with Crippen LogP contribution in [0.3, 0.4) is 0 Å². The standard InChI is InChI=1S/C31H30ClF3N4O5S/c1-20-6-12-23(13-7-20)45(43,44)38(30(41)42)17-14-21-8-10-22(11-9-21)39-27-19-25(32)24(31(33,34)35)18-26(27)36-28(39)4-2-15-37-16-3-5-29(37)40/h6-13,18-19H,2-5,14-17H2,1H3,(H,41,42)/p-1. The molecule has 0 atom stereocenters. The van der Waals surface area contributed by atoms with E-state index in [2.05, 4.69) is 4.98 Å². The molecule has 1 aliphatic heterocycles. The highest BCUT2D eigenvalue weighted by Crippen LogP contribution is 2.38.